The third-order valence-electron chi connectivity index (χ3n) is 3.49. The Bertz CT molecular complexity index is 922. The molecule has 132 valence electrons. The van der Waals surface area contributed by atoms with E-state index in [1.165, 1.54) is 17.0 Å². The largest absolute Gasteiger partial charge is 0.351 e. The van der Waals surface area contributed by atoms with Gasteiger partial charge in [-0.25, -0.2) is 13.8 Å². The van der Waals surface area contributed by atoms with Gasteiger partial charge in [0.2, 0.25) is 5.76 Å². The summed E-state index contributed by atoms with van der Waals surface area (Å²) in [6, 6.07) is 3.50. The molecule has 0 atom stereocenters. The lowest BCUT2D eigenvalue weighted by molar-refractivity contribution is 0.0949. The molecule has 0 fully saturated rings. The molecule has 0 spiro atoms. The molecular weight excluding hydrogens is 350 g/mol. The minimum Gasteiger partial charge on any atom is -0.351 e. The Hall–Kier alpha value is -2.39. The average Bonchev–Trinajstić information content (AvgIpc) is 3.13. The molecule has 3 rings (SSSR count). The summed E-state index contributed by atoms with van der Waals surface area (Å²) in [7, 11) is 3.74. The minimum atomic E-state index is -0.756. The fourth-order valence-corrected chi connectivity index (χ4v) is 3.27. The van der Waals surface area contributed by atoms with Crippen molar-refractivity contribution in [1.29, 1.82) is 0 Å². The Morgan fingerprint density at radius 3 is 2.64 bits per heavy atom. The lowest BCUT2D eigenvalue weighted by Crippen LogP contribution is -2.36. The molecule has 1 aromatic carbocycles. The van der Waals surface area contributed by atoms with Gasteiger partial charge in [-0.3, -0.25) is 9.69 Å². The molecule has 0 aliphatic rings. The molecule has 0 saturated heterocycles. The first-order valence-electron chi connectivity index (χ1n) is 7.50. The van der Waals surface area contributed by atoms with E-state index >= 15 is 0 Å². The molecule has 0 radical (unpaired) electrons. The van der Waals surface area contributed by atoms with E-state index in [-0.39, 0.29) is 16.4 Å². The van der Waals surface area contributed by atoms with Crippen molar-refractivity contribution < 1.29 is 18.1 Å². The second-order valence-corrected chi connectivity index (χ2v) is 6.83. The summed E-state index contributed by atoms with van der Waals surface area (Å²) in [5, 5.41) is 4.00. The molecule has 0 bridgehead atoms. The second kappa shape index (κ2) is 6.85. The molecular formula is C16H16F2N4O2S. The van der Waals surface area contributed by atoms with Gasteiger partial charge in [0.05, 0.1) is 10.4 Å². The van der Waals surface area contributed by atoms with Crippen molar-refractivity contribution in [3.05, 3.63) is 41.3 Å². The monoisotopic (exact) mass is 366 g/mol. The Balaban J connectivity index is 2.01. The van der Waals surface area contributed by atoms with Crippen LogP contribution in [0.5, 0.6) is 0 Å². The van der Waals surface area contributed by atoms with Crippen LogP contribution in [0.25, 0.3) is 10.2 Å². The summed E-state index contributed by atoms with van der Waals surface area (Å²) < 4.78 is 32.7. The maximum atomic E-state index is 13.9. The summed E-state index contributed by atoms with van der Waals surface area (Å²) >= 11 is 1.05. The van der Waals surface area contributed by atoms with Gasteiger partial charge in [-0.15, -0.1) is 0 Å². The van der Waals surface area contributed by atoms with E-state index in [1.54, 1.807) is 6.92 Å². The van der Waals surface area contributed by atoms with Crippen LogP contribution in [0.3, 0.4) is 0 Å². The number of aryl methyl sites for hydroxylation is 1. The minimum absolute atomic E-state index is 0.0396. The van der Waals surface area contributed by atoms with Crippen molar-refractivity contribution >= 4 is 32.6 Å². The molecule has 9 heteroatoms. The van der Waals surface area contributed by atoms with Crippen molar-refractivity contribution in [1.82, 2.24) is 15.0 Å². The number of halogens is 2. The predicted octanol–water partition coefficient (Wildman–Crippen LogP) is 3.08. The average molecular weight is 366 g/mol. The molecule has 0 saturated carbocycles. The number of carbonyl (C=O) groups excluding carboxylic acids is 1. The maximum Gasteiger partial charge on any atom is 0.298 e. The van der Waals surface area contributed by atoms with Crippen molar-refractivity contribution in [2.45, 2.75) is 6.92 Å². The summed E-state index contributed by atoms with van der Waals surface area (Å²) in [5.74, 6) is -1.80. The number of hydrogen-bond acceptors (Lipinski definition) is 6. The van der Waals surface area contributed by atoms with Crippen LogP contribution in [0.1, 0.15) is 16.2 Å². The fraction of sp³-hybridized carbons (Fsp3) is 0.312. The number of thiazole rings is 1. The smallest absolute Gasteiger partial charge is 0.298 e. The van der Waals surface area contributed by atoms with E-state index in [1.807, 2.05) is 19.0 Å². The fourth-order valence-electron chi connectivity index (χ4n) is 2.24. The van der Waals surface area contributed by atoms with Gasteiger partial charge in [0.1, 0.15) is 11.3 Å². The Kier molecular flexibility index (Phi) is 4.78. The number of nitrogens with zero attached hydrogens (tertiary/aromatic N) is 4. The van der Waals surface area contributed by atoms with Crippen LogP contribution in [0.4, 0.5) is 13.9 Å². The molecule has 1 amide bonds. The molecule has 25 heavy (non-hydrogen) atoms. The van der Waals surface area contributed by atoms with Crippen LogP contribution in [0.15, 0.2) is 22.7 Å². The quantitative estimate of drug-likeness (QED) is 0.694. The number of rotatable bonds is 5. The first-order valence-corrected chi connectivity index (χ1v) is 8.32. The zero-order valence-corrected chi connectivity index (χ0v) is 14.7. The molecule has 0 unspecified atom stereocenters. The normalized spacial score (nSPS) is 11.4. The highest BCUT2D eigenvalue weighted by atomic mass is 32.1. The number of aromatic nitrogens is 2. The van der Waals surface area contributed by atoms with E-state index in [0.717, 1.165) is 17.4 Å². The van der Waals surface area contributed by atoms with Gasteiger partial charge in [-0.1, -0.05) is 16.5 Å². The molecule has 6 nitrogen and oxygen atoms in total. The topological polar surface area (TPSA) is 62.5 Å². The SMILES string of the molecule is Cc1cc(C(=O)N(CCN(C)C)c2nc3c(F)cc(F)cc3s2)on1. The van der Waals surface area contributed by atoms with Gasteiger partial charge in [0.15, 0.2) is 10.9 Å². The molecule has 2 aromatic heterocycles. The summed E-state index contributed by atoms with van der Waals surface area (Å²) in [5.41, 5.74) is 0.617. The standard InChI is InChI=1S/C16H16F2N4O2S/c1-9-6-12(24-20-9)15(23)22(5-4-21(2)3)16-19-14-11(18)7-10(17)8-13(14)25-16/h6-8H,4-5H2,1-3H3. The van der Waals surface area contributed by atoms with Crippen LogP contribution >= 0.6 is 11.3 Å². The van der Waals surface area contributed by atoms with Crippen LogP contribution in [-0.2, 0) is 0 Å². The molecule has 3 aromatic rings. The third kappa shape index (κ3) is 3.67. The Labute approximate surface area is 146 Å². The number of anilines is 1. The lowest BCUT2D eigenvalue weighted by Gasteiger charge is -2.20. The first kappa shape index (κ1) is 17.4. The maximum absolute atomic E-state index is 13.9. The summed E-state index contributed by atoms with van der Waals surface area (Å²) in [4.78, 5) is 20.3. The highest BCUT2D eigenvalue weighted by molar-refractivity contribution is 7.22. The van der Waals surface area contributed by atoms with Gasteiger partial charge in [0, 0.05) is 25.2 Å². The summed E-state index contributed by atoms with van der Waals surface area (Å²) in [6.07, 6.45) is 0. The van der Waals surface area contributed by atoms with E-state index in [9.17, 15) is 13.6 Å². The van der Waals surface area contributed by atoms with E-state index in [4.69, 9.17) is 4.52 Å². The van der Waals surface area contributed by atoms with Gasteiger partial charge in [-0.2, -0.15) is 0 Å². The zero-order chi connectivity index (χ0) is 18.1. The zero-order valence-electron chi connectivity index (χ0n) is 13.9. The van der Waals surface area contributed by atoms with Crippen LogP contribution in [0.2, 0.25) is 0 Å². The van der Waals surface area contributed by atoms with Crippen LogP contribution in [-0.4, -0.2) is 48.1 Å². The Morgan fingerprint density at radius 2 is 2.00 bits per heavy atom. The van der Waals surface area contributed by atoms with Gasteiger partial charge >= 0.3 is 0 Å². The van der Waals surface area contributed by atoms with Crippen LogP contribution < -0.4 is 4.90 Å². The molecule has 0 N–H and O–H groups in total. The highest BCUT2D eigenvalue weighted by Crippen LogP contribution is 2.31. The van der Waals surface area contributed by atoms with Crippen molar-refractivity contribution in [3.63, 3.8) is 0 Å². The number of hydrogen-bond donors (Lipinski definition) is 0. The van der Waals surface area contributed by atoms with E-state index in [0.29, 0.717) is 23.5 Å². The first-order chi connectivity index (χ1) is 11.8. The number of carbonyl (C=O) groups is 1. The van der Waals surface area contributed by atoms with Gasteiger partial charge in [0.25, 0.3) is 5.91 Å². The van der Waals surface area contributed by atoms with E-state index < -0.39 is 17.5 Å². The molecule has 0 aliphatic carbocycles. The van der Waals surface area contributed by atoms with Gasteiger partial charge in [-0.05, 0) is 27.1 Å². The van der Waals surface area contributed by atoms with Crippen molar-refractivity contribution in [2.75, 3.05) is 32.1 Å². The predicted molar refractivity (Wildman–Crippen MR) is 91.0 cm³/mol. The van der Waals surface area contributed by atoms with E-state index in [2.05, 4.69) is 10.1 Å². The lowest BCUT2D eigenvalue weighted by atomic mass is 10.3. The van der Waals surface area contributed by atoms with Gasteiger partial charge < -0.3 is 9.42 Å². The molecule has 2 heterocycles. The Morgan fingerprint density at radius 1 is 1.24 bits per heavy atom. The number of amides is 1. The van der Waals surface area contributed by atoms with Crippen LogP contribution in [0, 0.1) is 18.6 Å². The van der Waals surface area contributed by atoms with Crippen molar-refractivity contribution in [3.8, 4) is 0 Å². The number of fused-ring (bicyclic) bond motifs is 1. The van der Waals surface area contributed by atoms with Crippen molar-refractivity contribution in [2.24, 2.45) is 0 Å². The summed E-state index contributed by atoms with van der Waals surface area (Å²) in [6.45, 7) is 2.58. The highest BCUT2D eigenvalue weighted by Gasteiger charge is 2.25. The number of benzene rings is 1. The number of likely N-dealkylation sites (N-methyl/N-ethyl adjacent to an activating group) is 1. The third-order valence-corrected chi connectivity index (χ3v) is 4.51. The molecule has 0 aliphatic heterocycles. The second-order valence-electron chi connectivity index (χ2n) is 5.82.